The fraction of sp³-hybridized carbons (Fsp3) is 0.200. The Morgan fingerprint density at radius 1 is 1.24 bits per heavy atom. The second kappa shape index (κ2) is 5.79. The standard InChI is InChI=1S/C10H8F2N2S3/c1-15-9-13-14-10(17-9)16-5-6-3-2-4-7(11)8(6)12/h2-4H,5H2,1H3. The largest absolute Gasteiger partial charge is 0.204 e. The maximum Gasteiger partial charge on any atom is 0.175 e. The quantitative estimate of drug-likeness (QED) is 0.799. The van der Waals surface area contributed by atoms with Gasteiger partial charge in [-0.25, -0.2) is 8.78 Å². The fourth-order valence-corrected chi connectivity index (χ4v) is 3.55. The molecule has 0 fully saturated rings. The van der Waals surface area contributed by atoms with Gasteiger partial charge in [0.15, 0.2) is 20.3 Å². The van der Waals surface area contributed by atoms with Gasteiger partial charge in [-0.3, -0.25) is 0 Å². The van der Waals surface area contributed by atoms with Crippen molar-refractivity contribution in [2.24, 2.45) is 0 Å². The molecule has 0 aliphatic heterocycles. The van der Waals surface area contributed by atoms with Gasteiger partial charge in [-0.15, -0.1) is 10.2 Å². The molecule has 7 heteroatoms. The van der Waals surface area contributed by atoms with Gasteiger partial charge in [0.1, 0.15) is 0 Å². The minimum absolute atomic E-state index is 0.343. The van der Waals surface area contributed by atoms with E-state index in [1.807, 2.05) is 6.26 Å². The first-order valence-corrected chi connectivity index (χ1v) is 7.66. The Morgan fingerprint density at radius 3 is 2.71 bits per heavy atom. The Hall–Kier alpha value is -0.660. The minimum atomic E-state index is -0.815. The van der Waals surface area contributed by atoms with Crippen LogP contribution in [0.5, 0.6) is 0 Å². The Labute approximate surface area is 110 Å². The Kier molecular flexibility index (Phi) is 4.36. The third kappa shape index (κ3) is 3.17. The van der Waals surface area contributed by atoms with Crippen LogP contribution in [-0.2, 0) is 5.75 Å². The number of benzene rings is 1. The maximum absolute atomic E-state index is 13.4. The number of thioether (sulfide) groups is 2. The predicted molar refractivity (Wildman–Crippen MR) is 67.6 cm³/mol. The zero-order valence-electron chi connectivity index (χ0n) is 8.81. The lowest BCUT2D eigenvalue weighted by molar-refractivity contribution is 0.502. The Morgan fingerprint density at radius 2 is 2.00 bits per heavy atom. The normalized spacial score (nSPS) is 10.8. The molecule has 0 aliphatic carbocycles. The van der Waals surface area contributed by atoms with E-state index in [2.05, 4.69) is 10.2 Å². The van der Waals surface area contributed by atoms with E-state index in [1.165, 1.54) is 40.9 Å². The zero-order valence-corrected chi connectivity index (χ0v) is 11.3. The topological polar surface area (TPSA) is 25.8 Å². The highest BCUT2D eigenvalue weighted by atomic mass is 32.2. The third-order valence-corrected chi connectivity index (χ3v) is 5.03. The summed E-state index contributed by atoms with van der Waals surface area (Å²) in [5, 5.41) is 7.88. The van der Waals surface area contributed by atoms with Crippen molar-refractivity contribution < 1.29 is 8.78 Å². The van der Waals surface area contributed by atoms with E-state index in [9.17, 15) is 8.78 Å². The number of aromatic nitrogens is 2. The van der Waals surface area contributed by atoms with Crippen LogP contribution in [0.25, 0.3) is 0 Å². The highest BCUT2D eigenvalue weighted by Crippen LogP contribution is 2.30. The van der Waals surface area contributed by atoms with Crippen molar-refractivity contribution >= 4 is 34.9 Å². The molecule has 0 radical (unpaired) electrons. The molecule has 0 saturated heterocycles. The fourth-order valence-electron chi connectivity index (χ4n) is 1.14. The van der Waals surface area contributed by atoms with Crippen molar-refractivity contribution in [2.75, 3.05) is 6.26 Å². The maximum atomic E-state index is 13.4. The second-order valence-electron chi connectivity index (χ2n) is 3.04. The van der Waals surface area contributed by atoms with Gasteiger partial charge in [0, 0.05) is 11.3 Å². The summed E-state index contributed by atoms with van der Waals surface area (Å²) in [6.45, 7) is 0. The van der Waals surface area contributed by atoms with Gasteiger partial charge in [0.2, 0.25) is 0 Å². The molecule has 0 atom stereocenters. The Balaban J connectivity index is 2.04. The summed E-state index contributed by atoms with van der Waals surface area (Å²) in [4.78, 5) is 0. The van der Waals surface area contributed by atoms with Crippen LogP contribution in [-0.4, -0.2) is 16.5 Å². The molecule has 2 rings (SSSR count). The van der Waals surface area contributed by atoms with E-state index in [4.69, 9.17) is 0 Å². The molecule has 0 amide bonds. The molecule has 0 aliphatic rings. The third-order valence-electron chi connectivity index (χ3n) is 1.95. The summed E-state index contributed by atoms with van der Waals surface area (Å²) in [5.41, 5.74) is 0.343. The monoisotopic (exact) mass is 290 g/mol. The molecular formula is C10H8F2N2S3. The molecule has 1 aromatic carbocycles. The number of hydrogen-bond donors (Lipinski definition) is 0. The first kappa shape index (κ1) is 12.8. The van der Waals surface area contributed by atoms with Crippen LogP contribution in [0.1, 0.15) is 5.56 Å². The van der Waals surface area contributed by atoms with Crippen molar-refractivity contribution in [3.63, 3.8) is 0 Å². The van der Waals surface area contributed by atoms with Crippen LogP contribution in [0.4, 0.5) is 8.78 Å². The number of nitrogens with zero attached hydrogens (tertiary/aromatic N) is 2. The molecule has 0 unspecified atom stereocenters. The van der Waals surface area contributed by atoms with E-state index < -0.39 is 11.6 Å². The molecule has 0 N–H and O–H groups in total. The van der Waals surface area contributed by atoms with Crippen LogP contribution in [0.3, 0.4) is 0 Å². The smallest absolute Gasteiger partial charge is 0.175 e. The van der Waals surface area contributed by atoms with Crippen molar-refractivity contribution in [1.29, 1.82) is 0 Å². The van der Waals surface area contributed by atoms with E-state index in [0.717, 1.165) is 14.7 Å². The molecular weight excluding hydrogens is 282 g/mol. The molecule has 2 nitrogen and oxygen atoms in total. The predicted octanol–water partition coefficient (Wildman–Crippen LogP) is 3.83. The molecule has 0 bridgehead atoms. The lowest BCUT2D eigenvalue weighted by Crippen LogP contribution is -1.91. The van der Waals surface area contributed by atoms with Crippen molar-refractivity contribution in [1.82, 2.24) is 10.2 Å². The molecule has 2 aromatic rings. The number of hydrogen-bond acceptors (Lipinski definition) is 5. The lowest BCUT2D eigenvalue weighted by Gasteiger charge is -2.01. The average molecular weight is 290 g/mol. The van der Waals surface area contributed by atoms with Crippen LogP contribution < -0.4 is 0 Å². The van der Waals surface area contributed by atoms with E-state index in [0.29, 0.717) is 11.3 Å². The highest BCUT2D eigenvalue weighted by Gasteiger charge is 2.09. The average Bonchev–Trinajstić information content (AvgIpc) is 2.79. The number of rotatable bonds is 4. The van der Waals surface area contributed by atoms with Gasteiger partial charge in [-0.05, 0) is 12.3 Å². The van der Waals surface area contributed by atoms with Gasteiger partial charge in [0.25, 0.3) is 0 Å². The summed E-state index contributed by atoms with van der Waals surface area (Å²) in [6, 6.07) is 4.18. The van der Waals surface area contributed by atoms with Crippen LogP contribution in [0.15, 0.2) is 26.9 Å². The van der Waals surface area contributed by atoms with Crippen LogP contribution in [0, 0.1) is 11.6 Å². The summed E-state index contributed by atoms with van der Waals surface area (Å²) >= 11 is 4.32. The van der Waals surface area contributed by atoms with E-state index in [1.54, 1.807) is 6.07 Å². The SMILES string of the molecule is CSc1nnc(SCc2cccc(F)c2F)s1. The van der Waals surface area contributed by atoms with Crippen molar-refractivity contribution in [2.45, 2.75) is 14.4 Å². The molecule has 0 saturated carbocycles. The first-order valence-electron chi connectivity index (χ1n) is 4.64. The summed E-state index contributed by atoms with van der Waals surface area (Å²) in [5.74, 6) is -1.24. The molecule has 0 spiro atoms. The van der Waals surface area contributed by atoms with Gasteiger partial charge in [-0.1, -0.05) is 47.0 Å². The molecule has 90 valence electrons. The van der Waals surface area contributed by atoms with Gasteiger partial charge in [-0.2, -0.15) is 0 Å². The Bertz CT molecular complexity index is 516. The van der Waals surface area contributed by atoms with Crippen LogP contribution >= 0.6 is 34.9 Å². The van der Waals surface area contributed by atoms with E-state index in [-0.39, 0.29) is 0 Å². The summed E-state index contributed by atoms with van der Waals surface area (Å²) in [7, 11) is 0. The second-order valence-corrected chi connectivity index (χ2v) is 6.29. The van der Waals surface area contributed by atoms with E-state index >= 15 is 0 Å². The van der Waals surface area contributed by atoms with Gasteiger partial charge < -0.3 is 0 Å². The zero-order chi connectivity index (χ0) is 12.3. The van der Waals surface area contributed by atoms with Crippen LogP contribution in [0.2, 0.25) is 0 Å². The summed E-state index contributed by atoms with van der Waals surface area (Å²) < 4.78 is 27.9. The van der Waals surface area contributed by atoms with Gasteiger partial charge in [0.05, 0.1) is 0 Å². The number of halogens is 2. The molecule has 1 heterocycles. The van der Waals surface area contributed by atoms with Crippen molar-refractivity contribution in [3.8, 4) is 0 Å². The summed E-state index contributed by atoms with van der Waals surface area (Å²) in [6.07, 6.45) is 1.92. The minimum Gasteiger partial charge on any atom is -0.204 e. The molecule has 17 heavy (non-hydrogen) atoms. The van der Waals surface area contributed by atoms with Crippen molar-refractivity contribution in [3.05, 3.63) is 35.4 Å². The molecule has 1 aromatic heterocycles. The first-order chi connectivity index (χ1) is 8.20. The lowest BCUT2D eigenvalue weighted by atomic mass is 10.2. The highest BCUT2D eigenvalue weighted by molar-refractivity contribution is 8.02. The van der Waals surface area contributed by atoms with Gasteiger partial charge >= 0.3 is 0 Å².